The van der Waals surface area contributed by atoms with Crippen molar-refractivity contribution in [2.24, 2.45) is 0 Å². The van der Waals surface area contributed by atoms with Gasteiger partial charge in [0, 0.05) is 24.2 Å². The highest BCUT2D eigenvalue weighted by Gasteiger charge is 2.43. The SMILES string of the molecule is O=C(Cc1cccc(Cl)c1)NC1CCN(C(=O)C(F)(F)F)CC1. The number of carbonyl (C=O) groups is 2. The zero-order valence-corrected chi connectivity index (χ0v) is 13.0. The predicted molar refractivity (Wildman–Crippen MR) is 79.0 cm³/mol. The predicted octanol–water partition coefficient (Wildman–Crippen LogP) is 2.55. The molecule has 23 heavy (non-hydrogen) atoms. The zero-order valence-electron chi connectivity index (χ0n) is 12.2. The van der Waals surface area contributed by atoms with Crippen molar-refractivity contribution in [3.05, 3.63) is 34.9 Å². The molecule has 0 radical (unpaired) electrons. The summed E-state index contributed by atoms with van der Waals surface area (Å²) in [5.74, 6) is -2.03. The molecule has 126 valence electrons. The van der Waals surface area contributed by atoms with Crippen molar-refractivity contribution in [2.75, 3.05) is 13.1 Å². The van der Waals surface area contributed by atoms with Crippen LogP contribution >= 0.6 is 11.6 Å². The number of likely N-dealkylation sites (tertiary alicyclic amines) is 1. The molecular formula is C15H16ClF3N2O2. The Kier molecular flexibility index (Phi) is 5.51. The maximum Gasteiger partial charge on any atom is 0.471 e. The maximum atomic E-state index is 12.3. The number of piperidine rings is 1. The van der Waals surface area contributed by atoms with Crippen LogP contribution in [0.4, 0.5) is 13.2 Å². The largest absolute Gasteiger partial charge is 0.471 e. The number of benzene rings is 1. The number of hydrogen-bond donors (Lipinski definition) is 1. The number of rotatable bonds is 3. The van der Waals surface area contributed by atoms with E-state index < -0.39 is 12.1 Å². The Labute approximate surface area is 136 Å². The first-order valence-electron chi connectivity index (χ1n) is 7.15. The first kappa shape index (κ1) is 17.6. The fraction of sp³-hybridized carbons (Fsp3) is 0.467. The number of carbonyl (C=O) groups excluding carboxylic acids is 2. The Morgan fingerprint density at radius 3 is 2.48 bits per heavy atom. The van der Waals surface area contributed by atoms with Crippen molar-refractivity contribution in [1.29, 1.82) is 0 Å². The molecule has 1 saturated heterocycles. The molecule has 1 aliphatic rings. The average Bonchev–Trinajstić information content (AvgIpc) is 2.46. The molecule has 0 atom stereocenters. The molecule has 8 heteroatoms. The Morgan fingerprint density at radius 2 is 1.91 bits per heavy atom. The maximum absolute atomic E-state index is 12.3. The van der Waals surface area contributed by atoms with E-state index in [2.05, 4.69) is 5.32 Å². The molecule has 1 aromatic rings. The van der Waals surface area contributed by atoms with Gasteiger partial charge in [-0.15, -0.1) is 0 Å². The van der Waals surface area contributed by atoms with Gasteiger partial charge in [0.15, 0.2) is 0 Å². The Bertz CT molecular complexity index is 584. The molecule has 4 nitrogen and oxygen atoms in total. The van der Waals surface area contributed by atoms with Gasteiger partial charge in [-0.3, -0.25) is 9.59 Å². The van der Waals surface area contributed by atoms with Crippen molar-refractivity contribution in [3.63, 3.8) is 0 Å². The Balaban J connectivity index is 1.80. The first-order valence-corrected chi connectivity index (χ1v) is 7.53. The number of hydrogen-bond acceptors (Lipinski definition) is 2. The molecule has 0 aromatic heterocycles. The molecule has 0 aliphatic carbocycles. The minimum atomic E-state index is -4.84. The molecule has 2 rings (SSSR count). The highest BCUT2D eigenvalue weighted by atomic mass is 35.5. The lowest BCUT2D eigenvalue weighted by Gasteiger charge is -2.32. The van der Waals surface area contributed by atoms with E-state index >= 15 is 0 Å². The minimum Gasteiger partial charge on any atom is -0.353 e. The molecule has 1 fully saturated rings. The topological polar surface area (TPSA) is 49.4 Å². The minimum absolute atomic E-state index is 0.0134. The molecule has 0 bridgehead atoms. The summed E-state index contributed by atoms with van der Waals surface area (Å²) in [6, 6.07) is 6.68. The van der Waals surface area contributed by atoms with Crippen molar-refractivity contribution in [1.82, 2.24) is 10.2 Å². The van der Waals surface area contributed by atoms with E-state index in [1.165, 1.54) is 0 Å². The van der Waals surface area contributed by atoms with Crippen LogP contribution in [0.5, 0.6) is 0 Å². The van der Waals surface area contributed by atoms with Gasteiger partial charge in [-0.1, -0.05) is 23.7 Å². The van der Waals surface area contributed by atoms with Crippen LogP contribution in [0.1, 0.15) is 18.4 Å². The quantitative estimate of drug-likeness (QED) is 0.912. The van der Waals surface area contributed by atoms with Crippen LogP contribution < -0.4 is 5.32 Å². The van der Waals surface area contributed by atoms with Gasteiger partial charge >= 0.3 is 12.1 Å². The molecule has 0 unspecified atom stereocenters. The van der Waals surface area contributed by atoms with Gasteiger partial charge < -0.3 is 10.2 Å². The van der Waals surface area contributed by atoms with Gasteiger partial charge in [-0.2, -0.15) is 13.2 Å². The Hall–Kier alpha value is -1.76. The van der Waals surface area contributed by atoms with Crippen LogP contribution in [0.3, 0.4) is 0 Å². The third kappa shape index (κ3) is 5.13. The Morgan fingerprint density at radius 1 is 1.26 bits per heavy atom. The summed E-state index contributed by atoms with van der Waals surface area (Å²) < 4.78 is 37.0. The molecule has 0 saturated carbocycles. The van der Waals surface area contributed by atoms with Gasteiger partial charge in [0.05, 0.1) is 6.42 Å². The van der Waals surface area contributed by atoms with E-state index in [0.29, 0.717) is 17.9 Å². The standard InChI is InChI=1S/C15H16ClF3N2O2/c16-11-3-1-2-10(8-11)9-13(22)20-12-4-6-21(7-5-12)14(23)15(17,18)19/h1-3,8,12H,4-7,9H2,(H,20,22). The number of halogens is 4. The lowest BCUT2D eigenvalue weighted by atomic mass is 10.0. The smallest absolute Gasteiger partial charge is 0.353 e. The summed E-state index contributed by atoms with van der Waals surface area (Å²) in [6.45, 7) is -0.0269. The summed E-state index contributed by atoms with van der Waals surface area (Å²) >= 11 is 5.84. The monoisotopic (exact) mass is 348 g/mol. The highest BCUT2D eigenvalue weighted by Crippen LogP contribution is 2.21. The van der Waals surface area contributed by atoms with Crippen LogP contribution in [0.2, 0.25) is 5.02 Å². The fourth-order valence-corrected chi connectivity index (χ4v) is 2.73. The summed E-state index contributed by atoms with van der Waals surface area (Å²) in [5, 5.41) is 3.32. The van der Waals surface area contributed by atoms with Crippen LogP contribution in [-0.2, 0) is 16.0 Å². The molecule has 1 heterocycles. The zero-order chi connectivity index (χ0) is 17.0. The van der Waals surface area contributed by atoms with Crippen molar-refractivity contribution in [2.45, 2.75) is 31.5 Å². The van der Waals surface area contributed by atoms with E-state index in [-0.39, 0.29) is 31.5 Å². The number of alkyl halides is 3. The van der Waals surface area contributed by atoms with E-state index in [0.717, 1.165) is 10.5 Å². The van der Waals surface area contributed by atoms with Crippen LogP contribution in [0.25, 0.3) is 0 Å². The van der Waals surface area contributed by atoms with Crippen molar-refractivity contribution < 1.29 is 22.8 Å². The number of nitrogens with one attached hydrogen (secondary N) is 1. The molecule has 0 spiro atoms. The van der Waals surface area contributed by atoms with Crippen molar-refractivity contribution >= 4 is 23.4 Å². The number of amides is 2. The van der Waals surface area contributed by atoms with Crippen LogP contribution in [0.15, 0.2) is 24.3 Å². The summed E-state index contributed by atoms with van der Waals surface area (Å²) in [7, 11) is 0. The van der Waals surface area contributed by atoms with E-state index in [4.69, 9.17) is 11.6 Å². The molecule has 1 N–H and O–H groups in total. The fourth-order valence-electron chi connectivity index (χ4n) is 2.52. The van der Waals surface area contributed by atoms with E-state index in [1.807, 2.05) is 0 Å². The second-order valence-corrected chi connectivity index (χ2v) is 5.87. The van der Waals surface area contributed by atoms with E-state index in [9.17, 15) is 22.8 Å². The van der Waals surface area contributed by atoms with Gasteiger partial charge in [0.2, 0.25) is 5.91 Å². The van der Waals surface area contributed by atoms with Gasteiger partial charge in [-0.05, 0) is 30.5 Å². The summed E-state index contributed by atoms with van der Waals surface area (Å²) in [4.78, 5) is 23.9. The third-order valence-corrected chi connectivity index (χ3v) is 3.88. The lowest BCUT2D eigenvalue weighted by molar-refractivity contribution is -0.186. The molecule has 1 aromatic carbocycles. The van der Waals surface area contributed by atoms with Crippen LogP contribution in [-0.4, -0.2) is 42.0 Å². The second kappa shape index (κ2) is 7.21. The summed E-state index contributed by atoms with van der Waals surface area (Å²) in [5.41, 5.74) is 0.764. The van der Waals surface area contributed by atoms with E-state index in [1.54, 1.807) is 24.3 Å². The highest BCUT2D eigenvalue weighted by molar-refractivity contribution is 6.30. The number of nitrogens with zero attached hydrogens (tertiary/aromatic N) is 1. The lowest BCUT2D eigenvalue weighted by Crippen LogP contribution is -2.50. The normalized spacial score (nSPS) is 16.3. The average molecular weight is 349 g/mol. The molecule has 1 aliphatic heterocycles. The summed E-state index contributed by atoms with van der Waals surface area (Å²) in [6.07, 6.45) is -4.07. The third-order valence-electron chi connectivity index (χ3n) is 3.64. The molecule has 2 amide bonds. The van der Waals surface area contributed by atoms with Crippen LogP contribution in [0, 0.1) is 0 Å². The van der Waals surface area contributed by atoms with Gasteiger partial charge in [0.25, 0.3) is 0 Å². The van der Waals surface area contributed by atoms with Crippen molar-refractivity contribution in [3.8, 4) is 0 Å². The first-order chi connectivity index (χ1) is 10.8. The van der Waals surface area contributed by atoms with Gasteiger partial charge in [0.1, 0.15) is 0 Å². The second-order valence-electron chi connectivity index (χ2n) is 5.44. The molecular weight excluding hydrogens is 333 g/mol. The van der Waals surface area contributed by atoms with Gasteiger partial charge in [-0.25, -0.2) is 0 Å².